The van der Waals surface area contributed by atoms with E-state index in [-0.39, 0.29) is 0 Å². The SMILES string of the molecule is C[C@@H]1CCNCOCCN2CC(CN2)C2NNC3CCC(CC32)O1. The zero-order valence-corrected chi connectivity index (χ0v) is 14.8. The average Bonchev–Trinajstić information content (AvgIpc) is 3.19. The van der Waals surface area contributed by atoms with Crippen LogP contribution in [0.2, 0.25) is 0 Å². The molecular formula is C17H33N5O2. The van der Waals surface area contributed by atoms with Crippen LogP contribution in [-0.4, -0.2) is 68.8 Å². The number of hydrogen-bond acceptors (Lipinski definition) is 7. The number of fused-ring (bicyclic) bond motifs is 4. The second kappa shape index (κ2) is 7.95. The van der Waals surface area contributed by atoms with Gasteiger partial charge in [-0.15, -0.1) is 0 Å². The summed E-state index contributed by atoms with van der Waals surface area (Å²) in [6, 6.07) is 1.16. The molecule has 0 aromatic rings. The Bertz CT molecular complexity index is 412. The van der Waals surface area contributed by atoms with Gasteiger partial charge in [0, 0.05) is 37.6 Å². The second-order valence-electron chi connectivity index (χ2n) is 7.88. The number of nitrogens with zero attached hydrogens (tertiary/aromatic N) is 1. The lowest BCUT2D eigenvalue weighted by atomic mass is 9.76. The Labute approximate surface area is 145 Å². The molecule has 0 aromatic carbocycles. The van der Waals surface area contributed by atoms with Crippen molar-refractivity contribution in [3.63, 3.8) is 0 Å². The predicted octanol–water partition coefficient (Wildman–Crippen LogP) is -0.191. The van der Waals surface area contributed by atoms with E-state index in [9.17, 15) is 0 Å². The number of nitrogens with one attached hydrogen (secondary N) is 4. The highest BCUT2D eigenvalue weighted by Crippen LogP contribution is 2.36. The van der Waals surface area contributed by atoms with Crippen LogP contribution in [0, 0.1) is 11.8 Å². The third kappa shape index (κ3) is 3.93. The first-order valence-electron chi connectivity index (χ1n) is 9.73. The van der Waals surface area contributed by atoms with Crippen LogP contribution in [0.3, 0.4) is 0 Å². The number of hydrazine groups is 2. The topological polar surface area (TPSA) is 69.8 Å². The van der Waals surface area contributed by atoms with Crippen molar-refractivity contribution in [3.05, 3.63) is 0 Å². The van der Waals surface area contributed by atoms with Crippen LogP contribution >= 0.6 is 0 Å². The lowest BCUT2D eigenvalue weighted by molar-refractivity contribution is -0.0404. The first kappa shape index (κ1) is 17.1. The monoisotopic (exact) mass is 339 g/mol. The third-order valence-corrected chi connectivity index (χ3v) is 6.15. The van der Waals surface area contributed by atoms with Crippen molar-refractivity contribution in [3.8, 4) is 0 Å². The Balaban J connectivity index is 1.42. The molecule has 0 aromatic heterocycles. The summed E-state index contributed by atoms with van der Waals surface area (Å²) in [5, 5.41) is 5.68. The molecule has 0 amide bonds. The van der Waals surface area contributed by atoms with Gasteiger partial charge in [-0.1, -0.05) is 0 Å². The minimum absolute atomic E-state index is 0.316. The van der Waals surface area contributed by atoms with E-state index in [1.54, 1.807) is 0 Å². The van der Waals surface area contributed by atoms with E-state index >= 15 is 0 Å². The fourth-order valence-electron chi connectivity index (χ4n) is 4.81. The van der Waals surface area contributed by atoms with E-state index in [2.05, 4.69) is 33.5 Å². The summed E-state index contributed by atoms with van der Waals surface area (Å²) < 4.78 is 12.1. The van der Waals surface area contributed by atoms with Crippen LogP contribution in [0.1, 0.15) is 32.6 Å². The molecule has 0 radical (unpaired) electrons. The maximum absolute atomic E-state index is 6.36. The van der Waals surface area contributed by atoms with Crippen molar-refractivity contribution in [1.29, 1.82) is 0 Å². The molecular weight excluding hydrogens is 306 g/mol. The zero-order chi connectivity index (χ0) is 16.4. The molecule has 4 rings (SSSR count). The minimum atomic E-state index is 0.316. The van der Waals surface area contributed by atoms with Crippen molar-refractivity contribution in [1.82, 2.24) is 26.6 Å². The van der Waals surface area contributed by atoms with E-state index < -0.39 is 0 Å². The fraction of sp³-hybridized carbons (Fsp3) is 1.00. The smallest absolute Gasteiger partial charge is 0.0965 e. The Morgan fingerprint density at radius 1 is 1.12 bits per heavy atom. The fourth-order valence-corrected chi connectivity index (χ4v) is 4.81. The van der Waals surface area contributed by atoms with Crippen molar-refractivity contribution in [2.45, 2.75) is 56.9 Å². The van der Waals surface area contributed by atoms with Crippen LogP contribution in [0.5, 0.6) is 0 Å². The maximum Gasteiger partial charge on any atom is 0.0965 e. The van der Waals surface area contributed by atoms with Crippen LogP contribution in [0.15, 0.2) is 0 Å². The van der Waals surface area contributed by atoms with Gasteiger partial charge in [0.15, 0.2) is 0 Å². The van der Waals surface area contributed by atoms with Gasteiger partial charge in [0.25, 0.3) is 0 Å². The number of hydrogen-bond donors (Lipinski definition) is 4. The molecule has 4 N–H and O–H groups in total. The Morgan fingerprint density at radius 2 is 2.08 bits per heavy atom. The lowest BCUT2D eigenvalue weighted by Gasteiger charge is -2.36. The molecule has 7 heteroatoms. The zero-order valence-electron chi connectivity index (χ0n) is 14.8. The molecule has 4 bridgehead atoms. The molecule has 3 aliphatic heterocycles. The molecule has 138 valence electrons. The minimum Gasteiger partial charge on any atom is -0.375 e. The first-order valence-corrected chi connectivity index (χ1v) is 9.73. The van der Waals surface area contributed by atoms with Crippen molar-refractivity contribution >= 4 is 0 Å². The van der Waals surface area contributed by atoms with Gasteiger partial charge in [0.2, 0.25) is 0 Å². The summed E-state index contributed by atoms with van der Waals surface area (Å²) in [4.78, 5) is 0. The van der Waals surface area contributed by atoms with Crippen molar-refractivity contribution in [2.75, 3.05) is 39.5 Å². The van der Waals surface area contributed by atoms with Crippen LogP contribution in [0.4, 0.5) is 0 Å². The Hall–Kier alpha value is -0.280. The second-order valence-corrected chi connectivity index (χ2v) is 7.88. The van der Waals surface area contributed by atoms with Gasteiger partial charge in [-0.25, -0.2) is 5.01 Å². The molecule has 7 atom stereocenters. The summed E-state index contributed by atoms with van der Waals surface area (Å²) in [6.07, 6.45) is 5.37. The Morgan fingerprint density at radius 3 is 3.04 bits per heavy atom. The van der Waals surface area contributed by atoms with E-state index in [0.717, 1.165) is 39.2 Å². The van der Waals surface area contributed by atoms with Gasteiger partial charge in [-0.3, -0.25) is 21.6 Å². The third-order valence-electron chi connectivity index (χ3n) is 6.15. The van der Waals surface area contributed by atoms with Gasteiger partial charge in [0.1, 0.15) is 0 Å². The summed E-state index contributed by atoms with van der Waals surface area (Å²) in [5.74, 6) is 1.33. The molecule has 7 nitrogen and oxygen atoms in total. The van der Waals surface area contributed by atoms with Gasteiger partial charge >= 0.3 is 0 Å². The highest BCUT2D eigenvalue weighted by molar-refractivity contribution is 5.00. The van der Waals surface area contributed by atoms with Crippen LogP contribution in [0.25, 0.3) is 0 Å². The largest absolute Gasteiger partial charge is 0.375 e. The van der Waals surface area contributed by atoms with Crippen molar-refractivity contribution in [2.24, 2.45) is 11.8 Å². The normalized spacial score (nSPS) is 47.6. The molecule has 3 heterocycles. The highest BCUT2D eigenvalue weighted by atomic mass is 16.5. The summed E-state index contributed by atoms with van der Waals surface area (Å²) in [7, 11) is 0. The highest BCUT2D eigenvalue weighted by Gasteiger charge is 2.45. The molecule has 0 spiro atoms. The summed E-state index contributed by atoms with van der Waals surface area (Å²) in [5.41, 5.74) is 10.7. The summed E-state index contributed by atoms with van der Waals surface area (Å²) >= 11 is 0. The molecule has 6 unspecified atom stereocenters. The van der Waals surface area contributed by atoms with E-state index in [1.807, 2.05) is 0 Å². The number of ether oxygens (including phenoxy) is 2. The molecule has 4 fully saturated rings. The predicted molar refractivity (Wildman–Crippen MR) is 92.0 cm³/mol. The van der Waals surface area contributed by atoms with Gasteiger partial charge in [0.05, 0.1) is 25.5 Å². The van der Waals surface area contributed by atoms with E-state index in [4.69, 9.17) is 9.47 Å². The number of rotatable bonds is 0. The van der Waals surface area contributed by atoms with Crippen molar-refractivity contribution < 1.29 is 9.47 Å². The molecule has 4 aliphatic rings. The standard InChI is InChI=1S/C17H33N5O2/c1-12-4-5-18-11-23-7-6-22-10-13(9-19-22)17-15-8-14(24-12)2-3-16(15)20-21-17/h12-21H,2-11H2,1H3/t12-,13?,14?,15?,16?,17?/m1/s1. The van der Waals surface area contributed by atoms with Gasteiger partial charge in [-0.2, -0.15) is 0 Å². The lowest BCUT2D eigenvalue weighted by Crippen LogP contribution is -2.43. The average molecular weight is 339 g/mol. The molecule has 3 saturated heterocycles. The maximum atomic E-state index is 6.36. The van der Waals surface area contributed by atoms with E-state index in [1.165, 1.54) is 19.3 Å². The quantitative estimate of drug-likeness (QED) is 0.488. The summed E-state index contributed by atoms with van der Waals surface area (Å²) in [6.45, 7) is 7.67. The van der Waals surface area contributed by atoms with Gasteiger partial charge in [-0.05, 0) is 45.1 Å². The first-order chi connectivity index (χ1) is 11.8. The molecule has 24 heavy (non-hydrogen) atoms. The molecule has 1 saturated carbocycles. The van der Waals surface area contributed by atoms with Crippen LogP contribution < -0.4 is 21.6 Å². The van der Waals surface area contributed by atoms with E-state index in [0.29, 0.717) is 42.9 Å². The van der Waals surface area contributed by atoms with Crippen LogP contribution in [-0.2, 0) is 9.47 Å². The van der Waals surface area contributed by atoms with Gasteiger partial charge < -0.3 is 9.47 Å². The Kier molecular flexibility index (Phi) is 5.68. The molecule has 1 aliphatic carbocycles.